The largest absolute Gasteiger partial charge is 0.331 e. The first kappa shape index (κ1) is 26.1. The van der Waals surface area contributed by atoms with Crippen LogP contribution >= 0.6 is 19.4 Å². The van der Waals surface area contributed by atoms with E-state index in [0.717, 1.165) is 22.6 Å². The van der Waals surface area contributed by atoms with E-state index in [1.165, 1.54) is 23.9 Å². The molecule has 2 unspecified atom stereocenters. The Balaban J connectivity index is 1.56. The summed E-state index contributed by atoms with van der Waals surface area (Å²) in [5.41, 5.74) is -1.21. The lowest BCUT2D eigenvalue weighted by Crippen LogP contribution is -2.41. The predicted octanol–water partition coefficient (Wildman–Crippen LogP) is 2.86. The van der Waals surface area contributed by atoms with Gasteiger partial charge in [0.15, 0.2) is 0 Å². The molecule has 9 nitrogen and oxygen atoms in total. The molecule has 1 aliphatic carbocycles. The lowest BCUT2D eigenvalue weighted by Gasteiger charge is -2.37. The van der Waals surface area contributed by atoms with E-state index < -0.39 is 35.0 Å². The molecule has 0 aromatic carbocycles. The quantitative estimate of drug-likeness (QED) is 0.359. The number of carbonyl (C=O) groups excluding carboxylic acids is 4. The summed E-state index contributed by atoms with van der Waals surface area (Å²) >= 11 is 1.35. The Morgan fingerprint density at radius 1 is 1.03 bits per heavy atom. The van der Waals surface area contributed by atoms with Gasteiger partial charge in [0, 0.05) is 36.4 Å². The van der Waals surface area contributed by atoms with Gasteiger partial charge in [-0.05, 0) is 33.1 Å². The molecule has 2 fully saturated rings. The van der Waals surface area contributed by atoms with Crippen molar-refractivity contribution in [3.63, 3.8) is 0 Å². The van der Waals surface area contributed by atoms with E-state index in [1.54, 1.807) is 13.8 Å². The molecule has 3 aliphatic rings. The molecule has 4 amide bonds. The van der Waals surface area contributed by atoms with Crippen molar-refractivity contribution in [3.8, 4) is 0 Å². The summed E-state index contributed by atoms with van der Waals surface area (Å²) in [4.78, 5) is 61.4. The molecular formula is C22H33N2O7PS. The van der Waals surface area contributed by atoms with Crippen LogP contribution < -0.4 is 0 Å². The van der Waals surface area contributed by atoms with Crippen LogP contribution in [0.4, 0.5) is 0 Å². The molecule has 0 spiro atoms. The molecule has 1 saturated heterocycles. The maximum absolute atomic E-state index is 12.9. The average molecular weight is 501 g/mol. The standard InChI is InChI=1S/C22H33N2O7PS/c1-21(2,31-32(29,30)15-7-5-6-8-15)14-22(3,4)33-16-13-19(27)24(20(16)28)12-11-23-17(25)9-10-18(23)26/h9-10,15-16H,5-8,11-14H2,1-4H3,(H,29,30). The average Bonchev–Trinajstić information content (AvgIpc) is 3.36. The summed E-state index contributed by atoms with van der Waals surface area (Å²) in [6, 6.07) is 0. The van der Waals surface area contributed by atoms with E-state index in [0.29, 0.717) is 19.3 Å². The van der Waals surface area contributed by atoms with Crippen LogP contribution in [0.25, 0.3) is 0 Å². The van der Waals surface area contributed by atoms with Gasteiger partial charge in [0.2, 0.25) is 11.8 Å². The van der Waals surface area contributed by atoms with E-state index in [9.17, 15) is 28.6 Å². The van der Waals surface area contributed by atoms with Crippen LogP contribution in [0.1, 0.15) is 66.2 Å². The van der Waals surface area contributed by atoms with Crippen molar-refractivity contribution < 1.29 is 33.2 Å². The fraction of sp³-hybridized carbons (Fsp3) is 0.727. The number of likely N-dealkylation sites (tertiary alicyclic amines) is 1. The Morgan fingerprint density at radius 3 is 2.15 bits per heavy atom. The number of hydrogen-bond acceptors (Lipinski definition) is 7. The van der Waals surface area contributed by atoms with Gasteiger partial charge in [-0.3, -0.25) is 33.5 Å². The van der Waals surface area contributed by atoms with Crippen molar-refractivity contribution in [3.05, 3.63) is 12.2 Å². The van der Waals surface area contributed by atoms with E-state index in [1.807, 2.05) is 13.8 Å². The molecular weight excluding hydrogens is 467 g/mol. The highest BCUT2D eigenvalue weighted by Gasteiger charge is 2.45. The zero-order valence-corrected chi connectivity index (χ0v) is 21.3. The molecule has 2 atom stereocenters. The minimum atomic E-state index is -3.75. The number of hydrogen-bond donors (Lipinski definition) is 1. The summed E-state index contributed by atoms with van der Waals surface area (Å²) in [7, 11) is -3.75. The third-order valence-corrected chi connectivity index (χ3v) is 9.76. The molecule has 2 heterocycles. The minimum absolute atomic E-state index is 0.0298. The lowest BCUT2D eigenvalue weighted by molar-refractivity contribution is -0.142. The second kappa shape index (κ2) is 9.64. The van der Waals surface area contributed by atoms with Crippen LogP contribution in [0.15, 0.2) is 12.2 Å². The fourth-order valence-electron chi connectivity index (χ4n) is 4.97. The van der Waals surface area contributed by atoms with Crippen LogP contribution in [0.3, 0.4) is 0 Å². The minimum Gasteiger partial charge on any atom is -0.324 e. The van der Waals surface area contributed by atoms with Gasteiger partial charge in [0.1, 0.15) is 0 Å². The number of amides is 4. The normalized spacial score (nSPS) is 24.5. The van der Waals surface area contributed by atoms with E-state index in [4.69, 9.17) is 4.52 Å². The molecule has 184 valence electrons. The van der Waals surface area contributed by atoms with Crippen molar-refractivity contribution in [2.75, 3.05) is 13.1 Å². The van der Waals surface area contributed by atoms with Gasteiger partial charge in [-0.1, -0.05) is 26.7 Å². The summed E-state index contributed by atoms with van der Waals surface area (Å²) < 4.78 is 18.0. The molecule has 0 bridgehead atoms. The van der Waals surface area contributed by atoms with Crippen molar-refractivity contribution in [1.29, 1.82) is 0 Å². The van der Waals surface area contributed by atoms with Gasteiger partial charge in [-0.15, -0.1) is 11.8 Å². The highest BCUT2D eigenvalue weighted by molar-refractivity contribution is 8.02. The fourth-order valence-corrected chi connectivity index (χ4v) is 8.57. The number of thioether (sulfide) groups is 1. The van der Waals surface area contributed by atoms with Gasteiger partial charge in [-0.2, -0.15) is 0 Å². The van der Waals surface area contributed by atoms with Crippen LogP contribution in [0, 0.1) is 0 Å². The number of imide groups is 2. The van der Waals surface area contributed by atoms with Crippen molar-refractivity contribution in [1.82, 2.24) is 9.80 Å². The van der Waals surface area contributed by atoms with Crippen molar-refractivity contribution in [2.24, 2.45) is 0 Å². The van der Waals surface area contributed by atoms with E-state index in [2.05, 4.69) is 0 Å². The summed E-state index contributed by atoms with van der Waals surface area (Å²) in [5, 5.41) is -0.595. The number of nitrogens with zero attached hydrogens (tertiary/aromatic N) is 2. The Morgan fingerprint density at radius 2 is 1.58 bits per heavy atom. The zero-order valence-electron chi connectivity index (χ0n) is 19.6. The highest BCUT2D eigenvalue weighted by Crippen LogP contribution is 2.57. The maximum atomic E-state index is 12.9. The Bertz CT molecular complexity index is 892. The highest BCUT2D eigenvalue weighted by atomic mass is 32.2. The number of rotatable bonds is 10. The molecule has 33 heavy (non-hydrogen) atoms. The summed E-state index contributed by atoms with van der Waals surface area (Å²) in [6.07, 6.45) is 6.04. The molecule has 0 aromatic rings. The molecule has 11 heteroatoms. The van der Waals surface area contributed by atoms with Crippen molar-refractivity contribution >= 4 is 43.0 Å². The number of carbonyl (C=O) groups is 4. The summed E-state index contributed by atoms with van der Waals surface area (Å²) in [6.45, 7) is 7.34. The Kier molecular flexibility index (Phi) is 7.63. The lowest BCUT2D eigenvalue weighted by atomic mass is 9.96. The van der Waals surface area contributed by atoms with Crippen LogP contribution in [0.2, 0.25) is 0 Å². The molecule has 3 rings (SSSR count). The zero-order chi connectivity index (χ0) is 24.6. The Labute approximate surface area is 198 Å². The van der Waals surface area contributed by atoms with Gasteiger partial charge >= 0.3 is 7.60 Å². The first-order valence-electron chi connectivity index (χ1n) is 11.3. The maximum Gasteiger partial charge on any atom is 0.331 e. The van der Waals surface area contributed by atoms with Gasteiger partial charge in [0.05, 0.1) is 16.5 Å². The molecule has 0 radical (unpaired) electrons. The third-order valence-electron chi connectivity index (χ3n) is 6.13. The van der Waals surface area contributed by atoms with Gasteiger partial charge < -0.3 is 9.42 Å². The predicted molar refractivity (Wildman–Crippen MR) is 125 cm³/mol. The van der Waals surface area contributed by atoms with Crippen LogP contribution in [0.5, 0.6) is 0 Å². The Hall–Kier alpha value is -1.48. The molecule has 2 aliphatic heterocycles. The van der Waals surface area contributed by atoms with Crippen LogP contribution in [-0.2, 0) is 28.3 Å². The SMILES string of the molecule is CC(C)(CC(C)(C)SC1CC(=O)N(CCN2C(=O)C=CC2=O)C1=O)OP(=O)(O)C1CCCC1. The molecule has 0 aromatic heterocycles. The van der Waals surface area contributed by atoms with Gasteiger partial charge in [0.25, 0.3) is 11.8 Å². The van der Waals surface area contributed by atoms with E-state index in [-0.39, 0.29) is 37.0 Å². The molecule has 1 N–H and O–H groups in total. The van der Waals surface area contributed by atoms with Crippen LogP contribution in [-0.4, -0.2) is 72.7 Å². The van der Waals surface area contributed by atoms with Crippen molar-refractivity contribution in [2.45, 2.75) is 87.5 Å². The van der Waals surface area contributed by atoms with Gasteiger partial charge in [-0.25, -0.2) is 0 Å². The first-order chi connectivity index (χ1) is 15.2. The first-order valence-corrected chi connectivity index (χ1v) is 13.8. The van der Waals surface area contributed by atoms with E-state index >= 15 is 0 Å². The molecule has 1 saturated carbocycles. The third kappa shape index (κ3) is 6.35. The second-order valence-corrected chi connectivity index (χ2v) is 14.1. The smallest absolute Gasteiger partial charge is 0.324 e. The summed E-state index contributed by atoms with van der Waals surface area (Å²) in [5.74, 6) is -1.58. The second-order valence-electron chi connectivity index (χ2n) is 10.1. The topological polar surface area (TPSA) is 121 Å². The monoisotopic (exact) mass is 500 g/mol.